The van der Waals surface area contributed by atoms with E-state index in [0.29, 0.717) is 18.7 Å². The summed E-state index contributed by atoms with van der Waals surface area (Å²) in [4.78, 5) is 10.5. The van der Waals surface area contributed by atoms with E-state index in [1.54, 1.807) is 17.7 Å². The second-order valence-electron chi connectivity index (χ2n) is 3.74. The first kappa shape index (κ1) is 12.4. The van der Waals surface area contributed by atoms with Crippen molar-refractivity contribution >= 4 is 5.97 Å². The molecule has 1 heterocycles. The normalized spacial score (nSPS) is 11.8. The Hall–Kier alpha value is -1.62. The van der Waals surface area contributed by atoms with Gasteiger partial charge >= 0.3 is 5.97 Å². The van der Waals surface area contributed by atoms with Gasteiger partial charge in [0.25, 0.3) is 0 Å². The second-order valence-corrected chi connectivity index (χ2v) is 3.74. The minimum Gasteiger partial charge on any atom is -0.478 e. The predicted octanol–water partition coefficient (Wildman–Crippen LogP) is 0.849. The van der Waals surface area contributed by atoms with Crippen molar-refractivity contribution in [2.45, 2.75) is 20.4 Å². The fourth-order valence-corrected chi connectivity index (χ4v) is 1.34. The highest BCUT2D eigenvalue weighted by molar-refractivity contribution is 5.85. The van der Waals surface area contributed by atoms with Crippen molar-refractivity contribution in [1.29, 1.82) is 0 Å². The standard InChI is InChI=1S/C11H17N3O2/c1-8(11(15)16)4-5-12-6-10-7-14(3)13-9(10)2/h4,7,12H,5-6H2,1-3H3,(H,15,16). The molecule has 0 radical (unpaired) electrons. The minimum absolute atomic E-state index is 0.357. The summed E-state index contributed by atoms with van der Waals surface area (Å²) in [6.07, 6.45) is 3.62. The van der Waals surface area contributed by atoms with Crippen LogP contribution in [-0.2, 0) is 18.4 Å². The van der Waals surface area contributed by atoms with Gasteiger partial charge in [0, 0.05) is 37.5 Å². The fraction of sp³-hybridized carbons (Fsp3) is 0.455. The highest BCUT2D eigenvalue weighted by Gasteiger charge is 2.02. The molecule has 0 aliphatic rings. The maximum atomic E-state index is 10.5. The Morgan fingerprint density at radius 2 is 2.38 bits per heavy atom. The molecule has 0 aromatic carbocycles. The average molecular weight is 223 g/mol. The molecule has 0 amide bonds. The van der Waals surface area contributed by atoms with Gasteiger partial charge in [-0.3, -0.25) is 4.68 Å². The molecule has 0 unspecified atom stereocenters. The lowest BCUT2D eigenvalue weighted by molar-refractivity contribution is -0.132. The summed E-state index contributed by atoms with van der Waals surface area (Å²) < 4.78 is 1.77. The summed E-state index contributed by atoms with van der Waals surface area (Å²) in [5, 5.41) is 16.0. The largest absolute Gasteiger partial charge is 0.478 e. The van der Waals surface area contributed by atoms with Crippen LogP contribution in [0.5, 0.6) is 0 Å². The molecule has 5 heteroatoms. The van der Waals surface area contributed by atoms with E-state index in [9.17, 15) is 4.79 Å². The third kappa shape index (κ3) is 3.51. The SMILES string of the molecule is CC(=CCNCc1cn(C)nc1C)C(=O)O. The van der Waals surface area contributed by atoms with Crippen LogP contribution in [-0.4, -0.2) is 27.4 Å². The van der Waals surface area contributed by atoms with Crippen LogP contribution < -0.4 is 5.32 Å². The molecular weight excluding hydrogens is 206 g/mol. The number of aryl methyl sites for hydroxylation is 2. The first-order valence-electron chi connectivity index (χ1n) is 5.10. The number of nitrogens with one attached hydrogen (secondary N) is 1. The Balaban J connectivity index is 2.39. The van der Waals surface area contributed by atoms with E-state index in [0.717, 1.165) is 11.3 Å². The maximum absolute atomic E-state index is 10.5. The molecule has 0 saturated carbocycles. The van der Waals surface area contributed by atoms with Crippen LogP contribution in [0.4, 0.5) is 0 Å². The molecule has 1 aromatic rings. The van der Waals surface area contributed by atoms with Gasteiger partial charge in [-0.2, -0.15) is 5.10 Å². The lowest BCUT2D eigenvalue weighted by Crippen LogP contribution is -2.14. The van der Waals surface area contributed by atoms with E-state index < -0.39 is 5.97 Å². The Labute approximate surface area is 94.8 Å². The lowest BCUT2D eigenvalue weighted by atomic mass is 10.2. The zero-order valence-electron chi connectivity index (χ0n) is 9.82. The van der Waals surface area contributed by atoms with E-state index in [2.05, 4.69) is 10.4 Å². The number of carboxylic acids is 1. The third-order valence-corrected chi connectivity index (χ3v) is 2.32. The molecular formula is C11H17N3O2. The number of carboxylic acid groups (broad SMARTS) is 1. The molecule has 0 aliphatic heterocycles. The van der Waals surface area contributed by atoms with Crippen LogP contribution in [0.1, 0.15) is 18.2 Å². The van der Waals surface area contributed by atoms with Crippen molar-refractivity contribution < 1.29 is 9.90 Å². The van der Waals surface area contributed by atoms with Gasteiger partial charge in [-0.05, 0) is 13.8 Å². The van der Waals surface area contributed by atoms with Crippen molar-refractivity contribution in [3.63, 3.8) is 0 Å². The summed E-state index contributed by atoms with van der Waals surface area (Å²) >= 11 is 0. The molecule has 5 nitrogen and oxygen atoms in total. The zero-order valence-corrected chi connectivity index (χ0v) is 9.82. The van der Waals surface area contributed by atoms with Gasteiger partial charge in [0.05, 0.1) is 5.69 Å². The summed E-state index contributed by atoms with van der Waals surface area (Å²) in [6.45, 7) is 4.78. The van der Waals surface area contributed by atoms with Crippen molar-refractivity contribution in [1.82, 2.24) is 15.1 Å². The molecule has 0 spiro atoms. The number of hydrogen-bond acceptors (Lipinski definition) is 3. The molecule has 1 aromatic heterocycles. The topological polar surface area (TPSA) is 67.2 Å². The molecule has 88 valence electrons. The molecule has 2 N–H and O–H groups in total. The molecule has 0 bridgehead atoms. The first-order chi connectivity index (χ1) is 7.50. The number of aliphatic carboxylic acids is 1. The van der Waals surface area contributed by atoms with E-state index >= 15 is 0 Å². The van der Waals surface area contributed by atoms with Crippen molar-refractivity contribution in [3.05, 3.63) is 29.1 Å². The van der Waals surface area contributed by atoms with Gasteiger partial charge < -0.3 is 10.4 Å². The number of hydrogen-bond donors (Lipinski definition) is 2. The van der Waals surface area contributed by atoms with Crippen LogP contribution in [0.3, 0.4) is 0 Å². The smallest absolute Gasteiger partial charge is 0.330 e. The molecule has 0 atom stereocenters. The molecule has 0 aliphatic carbocycles. The molecule has 0 fully saturated rings. The Morgan fingerprint density at radius 1 is 1.69 bits per heavy atom. The average Bonchev–Trinajstić information content (AvgIpc) is 2.51. The van der Waals surface area contributed by atoms with Crippen LogP contribution in [0.2, 0.25) is 0 Å². The van der Waals surface area contributed by atoms with Gasteiger partial charge in [-0.15, -0.1) is 0 Å². The van der Waals surface area contributed by atoms with Crippen LogP contribution >= 0.6 is 0 Å². The maximum Gasteiger partial charge on any atom is 0.330 e. The third-order valence-electron chi connectivity index (χ3n) is 2.32. The van der Waals surface area contributed by atoms with E-state index in [4.69, 9.17) is 5.11 Å². The number of carbonyl (C=O) groups is 1. The van der Waals surface area contributed by atoms with E-state index in [1.807, 2.05) is 20.2 Å². The van der Waals surface area contributed by atoms with Crippen molar-refractivity contribution in [3.8, 4) is 0 Å². The summed E-state index contributed by atoms with van der Waals surface area (Å²) in [7, 11) is 1.88. The lowest BCUT2D eigenvalue weighted by Gasteiger charge is -2.00. The highest BCUT2D eigenvalue weighted by Crippen LogP contribution is 2.03. The molecule has 1 rings (SSSR count). The van der Waals surface area contributed by atoms with E-state index in [-0.39, 0.29) is 0 Å². The zero-order chi connectivity index (χ0) is 12.1. The van der Waals surface area contributed by atoms with Gasteiger partial charge in [-0.25, -0.2) is 4.79 Å². The van der Waals surface area contributed by atoms with Gasteiger partial charge in [0.1, 0.15) is 0 Å². The van der Waals surface area contributed by atoms with Gasteiger partial charge in [0.15, 0.2) is 0 Å². The second kappa shape index (κ2) is 5.46. The minimum atomic E-state index is -0.876. The van der Waals surface area contributed by atoms with E-state index in [1.165, 1.54) is 0 Å². The van der Waals surface area contributed by atoms with Crippen molar-refractivity contribution in [2.24, 2.45) is 7.05 Å². The van der Waals surface area contributed by atoms with Crippen LogP contribution in [0, 0.1) is 6.92 Å². The monoisotopic (exact) mass is 223 g/mol. The highest BCUT2D eigenvalue weighted by atomic mass is 16.4. The number of rotatable bonds is 5. The number of aromatic nitrogens is 2. The predicted molar refractivity (Wildman–Crippen MR) is 61.0 cm³/mol. The van der Waals surface area contributed by atoms with Crippen molar-refractivity contribution in [2.75, 3.05) is 6.54 Å². The fourth-order valence-electron chi connectivity index (χ4n) is 1.34. The number of nitrogens with zero attached hydrogens (tertiary/aromatic N) is 2. The Bertz CT molecular complexity index is 407. The van der Waals surface area contributed by atoms with Gasteiger partial charge in [-0.1, -0.05) is 6.08 Å². The first-order valence-corrected chi connectivity index (χ1v) is 5.10. The summed E-state index contributed by atoms with van der Waals surface area (Å²) in [5.41, 5.74) is 2.48. The Morgan fingerprint density at radius 3 is 2.88 bits per heavy atom. The van der Waals surface area contributed by atoms with Gasteiger partial charge in [0.2, 0.25) is 0 Å². The molecule has 16 heavy (non-hydrogen) atoms. The van der Waals surface area contributed by atoms with Crippen LogP contribution in [0.15, 0.2) is 17.8 Å². The Kier molecular flexibility index (Phi) is 4.25. The molecule has 0 saturated heterocycles. The summed E-state index contributed by atoms with van der Waals surface area (Å²) in [6, 6.07) is 0. The quantitative estimate of drug-likeness (QED) is 0.573. The van der Waals surface area contributed by atoms with Crippen LogP contribution in [0.25, 0.3) is 0 Å². The summed E-state index contributed by atoms with van der Waals surface area (Å²) in [5.74, 6) is -0.876.